The topological polar surface area (TPSA) is 65.0 Å². The highest BCUT2D eigenvalue weighted by Crippen LogP contribution is 2.29. The van der Waals surface area contributed by atoms with E-state index in [1.807, 2.05) is 11.8 Å². The van der Waals surface area contributed by atoms with Crippen molar-refractivity contribution in [2.45, 2.75) is 38.4 Å². The largest absolute Gasteiger partial charge is 0.357 e. The lowest BCUT2D eigenvalue weighted by molar-refractivity contribution is 0.279. The number of rotatable bonds is 4. The van der Waals surface area contributed by atoms with E-state index in [-0.39, 0.29) is 4.75 Å². The number of nitrogens with one attached hydrogen (secondary N) is 1. The van der Waals surface area contributed by atoms with Gasteiger partial charge in [0.25, 0.3) is 0 Å². The van der Waals surface area contributed by atoms with Crippen LogP contribution in [0.4, 0.5) is 0 Å². The molecule has 0 spiro atoms. The molecule has 0 aliphatic carbocycles. The number of hydrogen-bond acceptors (Lipinski definition) is 4. The molecule has 0 unspecified atom stereocenters. The van der Waals surface area contributed by atoms with Gasteiger partial charge < -0.3 is 10.2 Å². The van der Waals surface area contributed by atoms with E-state index in [1.165, 1.54) is 6.26 Å². The maximum atomic E-state index is 11.6. The van der Waals surface area contributed by atoms with E-state index in [1.54, 1.807) is 4.31 Å². The Labute approximate surface area is 151 Å². The van der Waals surface area contributed by atoms with Gasteiger partial charge in [-0.15, -0.1) is 0 Å². The van der Waals surface area contributed by atoms with Crippen LogP contribution in [0.2, 0.25) is 0 Å². The number of hydrogen-bond donors (Lipinski definition) is 1. The highest BCUT2D eigenvalue weighted by molar-refractivity contribution is 8.00. The monoisotopic (exact) mass is 376 g/mol. The van der Waals surface area contributed by atoms with Gasteiger partial charge in [-0.1, -0.05) is 0 Å². The predicted octanol–water partition coefficient (Wildman–Crippen LogP) is 1.45. The molecule has 0 saturated carbocycles. The Morgan fingerprint density at radius 3 is 2.50 bits per heavy atom. The summed E-state index contributed by atoms with van der Waals surface area (Å²) in [5.74, 6) is 2.62. The van der Waals surface area contributed by atoms with Crippen LogP contribution in [0, 0.1) is 5.92 Å². The second-order valence-electron chi connectivity index (χ2n) is 7.33. The summed E-state index contributed by atoms with van der Waals surface area (Å²) in [6.45, 7) is 11.6. The third kappa shape index (κ3) is 5.81. The summed E-state index contributed by atoms with van der Waals surface area (Å²) in [7, 11) is -3.04. The molecule has 2 aliphatic heterocycles. The molecule has 8 heteroatoms. The maximum absolute atomic E-state index is 11.6. The molecule has 24 heavy (non-hydrogen) atoms. The van der Waals surface area contributed by atoms with Gasteiger partial charge in [-0.05, 0) is 39.5 Å². The quantitative estimate of drug-likeness (QED) is 0.594. The molecule has 0 aromatic carbocycles. The fraction of sp³-hybridized carbons (Fsp3) is 0.938. The van der Waals surface area contributed by atoms with E-state index < -0.39 is 10.0 Å². The van der Waals surface area contributed by atoms with Gasteiger partial charge in [0.2, 0.25) is 10.0 Å². The molecule has 0 bridgehead atoms. The minimum Gasteiger partial charge on any atom is -0.357 e. The highest BCUT2D eigenvalue weighted by atomic mass is 32.2. The van der Waals surface area contributed by atoms with Crippen LogP contribution >= 0.6 is 11.8 Å². The molecular formula is C16H32N4O2S2. The lowest BCUT2D eigenvalue weighted by Crippen LogP contribution is -2.51. The Hall–Kier alpha value is -0.470. The first-order valence-corrected chi connectivity index (χ1v) is 11.7. The molecule has 6 nitrogen and oxygen atoms in total. The lowest BCUT2D eigenvalue weighted by Gasteiger charge is -2.39. The summed E-state index contributed by atoms with van der Waals surface area (Å²) in [5, 5.41) is 3.42. The summed E-state index contributed by atoms with van der Waals surface area (Å²) in [6.07, 6.45) is 3.10. The Bertz CT molecular complexity index is 540. The van der Waals surface area contributed by atoms with E-state index in [2.05, 4.69) is 31.0 Å². The Kier molecular flexibility index (Phi) is 6.84. The first kappa shape index (κ1) is 19.8. The van der Waals surface area contributed by atoms with Gasteiger partial charge >= 0.3 is 0 Å². The van der Waals surface area contributed by atoms with Gasteiger partial charge in [0.15, 0.2) is 5.96 Å². The van der Waals surface area contributed by atoms with Crippen molar-refractivity contribution in [2.24, 2.45) is 10.9 Å². The Morgan fingerprint density at radius 2 is 1.96 bits per heavy atom. The molecule has 0 amide bonds. The zero-order chi connectivity index (χ0) is 17.8. The third-order valence-electron chi connectivity index (χ3n) is 4.60. The molecule has 0 aromatic heterocycles. The van der Waals surface area contributed by atoms with Crippen LogP contribution in [0.1, 0.15) is 33.6 Å². The molecule has 2 saturated heterocycles. The fourth-order valence-electron chi connectivity index (χ4n) is 3.26. The summed E-state index contributed by atoms with van der Waals surface area (Å²) in [5.41, 5.74) is 0. The number of thioether (sulfide) groups is 1. The molecule has 1 N–H and O–H groups in total. The lowest BCUT2D eigenvalue weighted by atomic mass is 9.98. The van der Waals surface area contributed by atoms with E-state index >= 15 is 0 Å². The molecule has 2 aliphatic rings. The molecule has 2 fully saturated rings. The van der Waals surface area contributed by atoms with E-state index in [0.717, 1.165) is 50.7 Å². The SMILES string of the molecule is CCNC(=NCC1CCN(S(C)(=O)=O)CC1)N1CCSC(C)(C)C1. The molecular weight excluding hydrogens is 344 g/mol. The van der Waals surface area contributed by atoms with Gasteiger partial charge in [0.05, 0.1) is 6.26 Å². The van der Waals surface area contributed by atoms with Crippen LogP contribution in [0.25, 0.3) is 0 Å². The Balaban J connectivity index is 1.92. The number of aliphatic imine (C=N–C) groups is 1. The van der Waals surface area contributed by atoms with Crippen molar-refractivity contribution in [2.75, 3.05) is 51.3 Å². The van der Waals surface area contributed by atoms with E-state index in [0.29, 0.717) is 19.0 Å². The summed E-state index contributed by atoms with van der Waals surface area (Å²) >= 11 is 2.02. The van der Waals surface area contributed by atoms with Gasteiger partial charge in [-0.2, -0.15) is 11.8 Å². The van der Waals surface area contributed by atoms with Crippen molar-refractivity contribution in [3.8, 4) is 0 Å². The standard InChI is InChI=1S/C16H32N4O2S2/c1-5-17-15(19-10-11-23-16(2,3)13-19)18-12-14-6-8-20(9-7-14)24(4,21)22/h14H,5-13H2,1-4H3,(H,17,18). The Morgan fingerprint density at radius 1 is 1.29 bits per heavy atom. The summed E-state index contributed by atoms with van der Waals surface area (Å²) < 4.78 is 25.0. The number of nitrogens with zero attached hydrogens (tertiary/aromatic N) is 3. The summed E-state index contributed by atoms with van der Waals surface area (Å²) in [6, 6.07) is 0. The van der Waals surface area contributed by atoms with Crippen LogP contribution in [0.5, 0.6) is 0 Å². The van der Waals surface area contributed by atoms with Crippen LogP contribution in [-0.4, -0.2) is 79.6 Å². The van der Waals surface area contributed by atoms with Crippen molar-refractivity contribution >= 4 is 27.7 Å². The smallest absolute Gasteiger partial charge is 0.211 e. The van der Waals surface area contributed by atoms with Crippen LogP contribution in [0.15, 0.2) is 4.99 Å². The minimum absolute atomic E-state index is 0.259. The minimum atomic E-state index is -3.04. The van der Waals surface area contributed by atoms with Crippen molar-refractivity contribution in [1.29, 1.82) is 0 Å². The average Bonchev–Trinajstić information content (AvgIpc) is 2.50. The molecule has 2 rings (SSSR count). The highest BCUT2D eigenvalue weighted by Gasteiger charge is 2.29. The van der Waals surface area contributed by atoms with Gasteiger partial charge in [0, 0.05) is 49.8 Å². The van der Waals surface area contributed by atoms with Gasteiger partial charge in [-0.3, -0.25) is 4.99 Å². The first-order chi connectivity index (χ1) is 11.2. The molecule has 140 valence electrons. The molecule has 0 atom stereocenters. The zero-order valence-corrected chi connectivity index (χ0v) is 17.0. The second-order valence-corrected chi connectivity index (χ2v) is 11.1. The van der Waals surface area contributed by atoms with Crippen molar-refractivity contribution in [3.63, 3.8) is 0 Å². The van der Waals surface area contributed by atoms with E-state index in [4.69, 9.17) is 4.99 Å². The van der Waals surface area contributed by atoms with Crippen LogP contribution in [0.3, 0.4) is 0 Å². The predicted molar refractivity (Wildman–Crippen MR) is 103 cm³/mol. The average molecular weight is 377 g/mol. The van der Waals surface area contributed by atoms with E-state index in [9.17, 15) is 8.42 Å². The van der Waals surface area contributed by atoms with Crippen molar-refractivity contribution in [1.82, 2.24) is 14.5 Å². The van der Waals surface area contributed by atoms with Crippen LogP contribution in [-0.2, 0) is 10.0 Å². The van der Waals surface area contributed by atoms with Crippen molar-refractivity contribution in [3.05, 3.63) is 0 Å². The third-order valence-corrected chi connectivity index (χ3v) is 7.20. The number of guanidine groups is 1. The maximum Gasteiger partial charge on any atom is 0.211 e. The van der Waals surface area contributed by atoms with Crippen molar-refractivity contribution < 1.29 is 8.42 Å². The molecule has 0 radical (unpaired) electrons. The molecule has 2 heterocycles. The zero-order valence-electron chi connectivity index (χ0n) is 15.4. The van der Waals surface area contributed by atoms with Gasteiger partial charge in [0.1, 0.15) is 0 Å². The first-order valence-electron chi connectivity index (χ1n) is 8.83. The van der Waals surface area contributed by atoms with Gasteiger partial charge in [-0.25, -0.2) is 12.7 Å². The number of piperidine rings is 1. The number of sulfonamides is 1. The fourth-order valence-corrected chi connectivity index (χ4v) is 5.25. The summed E-state index contributed by atoms with van der Waals surface area (Å²) in [4.78, 5) is 7.23. The normalized spacial score (nSPS) is 24.2. The molecule has 0 aromatic rings. The van der Waals surface area contributed by atoms with Crippen LogP contribution < -0.4 is 5.32 Å². The second kappa shape index (κ2) is 8.27.